The molecule has 382 valence electrons. The first-order valence-electron chi connectivity index (χ1n) is 26.6. The molecule has 2 saturated heterocycles. The Morgan fingerprint density at radius 2 is 0.722 bits per heavy atom. The van der Waals surface area contributed by atoms with E-state index in [0.717, 1.165) is 167 Å². The summed E-state index contributed by atoms with van der Waals surface area (Å²) < 4.78 is 40.1. The lowest BCUT2D eigenvalue weighted by molar-refractivity contribution is -0.150. The molecule has 0 radical (unpaired) electrons. The lowest BCUT2D eigenvalue weighted by atomic mass is 9.84. The monoisotopic (exact) mass is 975 g/mol. The molecule has 72 heavy (non-hydrogen) atoms. The molecule has 6 aromatic rings. The van der Waals surface area contributed by atoms with E-state index in [1.54, 1.807) is 14.2 Å². The molecule has 0 aromatic heterocycles. The van der Waals surface area contributed by atoms with Gasteiger partial charge in [-0.1, -0.05) is 75.9 Å². The number of aryl methyl sites for hydroxylation is 1. The lowest BCUT2D eigenvalue weighted by Gasteiger charge is -2.40. The number of ether oxygens (including phenoxy) is 7. The number of hydrogen-bond acceptors (Lipinski definition) is 9. The van der Waals surface area contributed by atoms with E-state index in [4.69, 9.17) is 33.2 Å². The zero-order valence-electron chi connectivity index (χ0n) is 43.5. The standard InChI is InChI=1S/C63H78N2O7/c1-5-62(46-70-47-62)44-68-41-13-9-7-8-12-16-50-17-23-53(24-18-50)64(56-29-35-59(66-3)36-30-56)54-25-19-51(20-26-54)52-21-27-55(28-22-52)65(57-31-37-60(67-4)38-32-57)58-33-39-61(40-34-58)72-43-15-11-10-14-42-69-45-63(6-2)48-71-49-63/h17-40H,5-16,41-49H2,1-4H3. The summed E-state index contributed by atoms with van der Waals surface area (Å²) >= 11 is 0. The van der Waals surface area contributed by atoms with Gasteiger partial charge in [0.2, 0.25) is 0 Å². The summed E-state index contributed by atoms with van der Waals surface area (Å²) in [6, 6.07) is 51.7. The van der Waals surface area contributed by atoms with E-state index in [1.807, 2.05) is 24.3 Å². The fourth-order valence-electron chi connectivity index (χ4n) is 9.52. The van der Waals surface area contributed by atoms with E-state index >= 15 is 0 Å². The molecule has 2 aliphatic rings. The number of rotatable bonds is 31. The van der Waals surface area contributed by atoms with Crippen LogP contribution < -0.4 is 24.0 Å². The Bertz CT molecular complexity index is 2280. The van der Waals surface area contributed by atoms with E-state index in [1.165, 1.54) is 31.2 Å². The van der Waals surface area contributed by atoms with Crippen LogP contribution in [-0.2, 0) is 25.4 Å². The van der Waals surface area contributed by atoms with Gasteiger partial charge in [0.05, 0.1) is 60.5 Å². The summed E-state index contributed by atoms with van der Waals surface area (Å²) in [5.41, 5.74) is 10.6. The van der Waals surface area contributed by atoms with E-state index in [2.05, 4.69) is 145 Å². The van der Waals surface area contributed by atoms with Crippen molar-refractivity contribution >= 4 is 34.1 Å². The van der Waals surface area contributed by atoms with Crippen molar-refractivity contribution in [3.63, 3.8) is 0 Å². The van der Waals surface area contributed by atoms with Crippen LogP contribution in [0.4, 0.5) is 34.1 Å². The van der Waals surface area contributed by atoms with Gasteiger partial charge in [0.1, 0.15) is 17.2 Å². The van der Waals surface area contributed by atoms with Crippen LogP contribution in [0.3, 0.4) is 0 Å². The van der Waals surface area contributed by atoms with Crippen molar-refractivity contribution in [3.05, 3.63) is 151 Å². The first-order valence-corrected chi connectivity index (χ1v) is 26.6. The summed E-state index contributed by atoms with van der Waals surface area (Å²) in [4.78, 5) is 4.58. The summed E-state index contributed by atoms with van der Waals surface area (Å²) in [5, 5.41) is 0. The van der Waals surface area contributed by atoms with Crippen LogP contribution in [0.1, 0.15) is 90.0 Å². The summed E-state index contributed by atoms with van der Waals surface area (Å²) in [6.45, 7) is 11.9. The molecule has 0 bridgehead atoms. The number of anilines is 6. The lowest BCUT2D eigenvalue weighted by Crippen LogP contribution is -2.45. The van der Waals surface area contributed by atoms with Gasteiger partial charge in [-0.2, -0.15) is 0 Å². The number of nitrogens with zero attached hydrogens (tertiary/aromatic N) is 2. The second kappa shape index (κ2) is 26.7. The van der Waals surface area contributed by atoms with Gasteiger partial charge in [-0.3, -0.25) is 0 Å². The van der Waals surface area contributed by atoms with Crippen LogP contribution in [0.5, 0.6) is 17.2 Å². The van der Waals surface area contributed by atoms with Gasteiger partial charge in [-0.25, -0.2) is 0 Å². The number of methoxy groups -OCH3 is 2. The molecular formula is C63H78N2O7. The zero-order valence-corrected chi connectivity index (χ0v) is 43.5. The minimum Gasteiger partial charge on any atom is -0.497 e. The Kier molecular flexibility index (Phi) is 19.5. The molecule has 6 aromatic carbocycles. The van der Waals surface area contributed by atoms with E-state index < -0.39 is 0 Å². The van der Waals surface area contributed by atoms with E-state index in [9.17, 15) is 0 Å². The molecule has 0 saturated carbocycles. The van der Waals surface area contributed by atoms with Gasteiger partial charge in [0.25, 0.3) is 0 Å². The van der Waals surface area contributed by atoms with Crippen molar-refractivity contribution < 1.29 is 33.2 Å². The highest BCUT2D eigenvalue weighted by Gasteiger charge is 2.37. The van der Waals surface area contributed by atoms with Crippen molar-refractivity contribution in [1.82, 2.24) is 0 Å². The molecule has 0 aliphatic carbocycles. The number of hydrogen-bond donors (Lipinski definition) is 0. The van der Waals surface area contributed by atoms with Crippen molar-refractivity contribution in [2.24, 2.45) is 10.8 Å². The fraction of sp³-hybridized carbons (Fsp3) is 0.429. The van der Waals surface area contributed by atoms with Gasteiger partial charge in [0.15, 0.2) is 0 Å². The molecular weight excluding hydrogens is 897 g/mol. The second-order valence-corrected chi connectivity index (χ2v) is 19.9. The predicted octanol–water partition coefficient (Wildman–Crippen LogP) is 15.6. The maximum Gasteiger partial charge on any atom is 0.119 e. The summed E-state index contributed by atoms with van der Waals surface area (Å²) in [6.07, 6.45) is 13.7. The molecule has 2 aliphatic heterocycles. The first-order chi connectivity index (χ1) is 35.4. The molecule has 8 rings (SSSR count). The van der Waals surface area contributed by atoms with Gasteiger partial charge in [0, 0.05) is 58.2 Å². The Morgan fingerprint density at radius 1 is 0.389 bits per heavy atom. The third-order valence-corrected chi connectivity index (χ3v) is 14.7. The molecule has 9 nitrogen and oxygen atoms in total. The van der Waals surface area contributed by atoms with Gasteiger partial charge >= 0.3 is 0 Å². The number of benzene rings is 6. The average molecular weight is 975 g/mol. The SMILES string of the molecule is CCC1(COCCCCCCCc2ccc(N(c3ccc(OC)cc3)c3ccc(-c4ccc(N(c5ccc(OC)cc5)c5ccc(OCCCCCCOCC6(CC)COC6)cc5)cc4)cc3)cc2)COC1. The molecule has 0 amide bonds. The maximum absolute atomic E-state index is 6.19. The molecule has 0 spiro atoms. The summed E-state index contributed by atoms with van der Waals surface area (Å²) in [5.74, 6) is 2.53. The van der Waals surface area contributed by atoms with Crippen LogP contribution in [0.2, 0.25) is 0 Å². The van der Waals surface area contributed by atoms with Crippen LogP contribution in [0, 0.1) is 10.8 Å². The Balaban J connectivity index is 0.865. The molecule has 0 unspecified atom stereocenters. The highest BCUT2D eigenvalue weighted by molar-refractivity contribution is 5.81. The van der Waals surface area contributed by atoms with E-state index in [-0.39, 0.29) is 10.8 Å². The molecule has 0 N–H and O–H groups in total. The normalized spacial score (nSPS) is 14.5. The highest BCUT2D eigenvalue weighted by atomic mass is 16.5. The fourth-order valence-corrected chi connectivity index (χ4v) is 9.52. The summed E-state index contributed by atoms with van der Waals surface area (Å²) in [7, 11) is 3.41. The van der Waals surface area contributed by atoms with Gasteiger partial charge < -0.3 is 43.0 Å². The van der Waals surface area contributed by atoms with Crippen LogP contribution in [0.25, 0.3) is 11.1 Å². The Labute approximate surface area is 430 Å². The highest BCUT2D eigenvalue weighted by Crippen LogP contribution is 2.40. The Morgan fingerprint density at radius 3 is 1.08 bits per heavy atom. The van der Waals surface area contributed by atoms with Crippen molar-refractivity contribution in [3.8, 4) is 28.4 Å². The first kappa shape index (κ1) is 52.5. The van der Waals surface area contributed by atoms with E-state index in [0.29, 0.717) is 6.61 Å². The largest absolute Gasteiger partial charge is 0.497 e. The van der Waals surface area contributed by atoms with Crippen molar-refractivity contribution in [2.75, 3.05) is 83.5 Å². The third-order valence-electron chi connectivity index (χ3n) is 14.7. The predicted molar refractivity (Wildman–Crippen MR) is 294 cm³/mol. The Hall–Kier alpha value is -5.84. The van der Waals surface area contributed by atoms with Crippen molar-refractivity contribution in [1.29, 1.82) is 0 Å². The van der Waals surface area contributed by atoms with Crippen LogP contribution >= 0.6 is 0 Å². The maximum atomic E-state index is 6.19. The smallest absolute Gasteiger partial charge is 0.119 e. The number of unbranched alkanes of at least 4 members (excludes halogenated alkanes) is 7. The minimum atomic E-state index is 0.259. The quantitative estimate of drug-likeness (QED) is 0.0396. The zero-order chi connectivity index (χ0) is 49.9. The third kappa shape index (κ3) is 14.2. The molecule has 0 atom stereocenters. The van der Waals surface area contributed by atoms with Gasteiger partial charge in [-0.05, 0) is 177 Å². The second-order valence-electron chi connectivity index (χ2n) is 19.9. The molecule has 2 heterocycles. The topological polar surface area (TPSA) is 71.1 Å². The van der Waals surface area contributed by atoms with Gasteiger partial charge in [-0.15, -0.1) is 0 Å². The molecule has 2 fully saturated rings. The average Bonchev–Trinajstić information content (AvgIpc) is 3.40. The molecule has 9 heteroatoms. The van der Waals surface area contributed by atoms with Crippen LogP contribution in [-0.4, -0.2) is 73.7 Å². The van der Waals surface area contributed by atoms with Crippen LogP contribution in [0.15, 0.2) is 146 Å². The van der Waals surface area contributed by atoms with Crippen molar-refractivity contribution in [2.45, 2.75) is 90.9 Å². The minimum absolute atomic E-state index is 0.259.